The van der Waals surface area contributed by atoms with E-state index in [-0.39, 0.29) is 41.5 Å². The van der Waals surface area contributed by atoms with Crippen molar-refractivity contribution in [2.24, 2.45) is 0 Å². The van der Waals surface area contributed by atoms with Gasteiger partial charge in [0.2, 0.25) is 0 Å². The first-order valence-electron chi connectivity index (χ1n) is 8.48. The van der Waals surface area contributed by atoms with Crippen LogP contribution in [-0.2, 0) is 4.79 Å². The van der Waals surface area contributed by atoms with E-state index in [2.05, 4.69) is 17.2 Å². The summed E-state index contributed by atoms with van der Waals surface area (Å²) in [7, 11) is 0. The van der Waals surface area contributed by atoms with Crippen LogP contribution in [0.25, 0.3) is 0 Å². The molecule has 2 N–H and O–H groups in total. The monoisotopic (exact) mass is 426 g/mol. The van der Waals surface area contributed by atoms with E-state index in [9.17, 15) is 22.8 Å². The fraction of sp³-hybridized carbons (Fsp3) is 0.200. The van der Waals surface area contributed by atoms with Gasteiger partial charge in [0.25, 0.3) is 18.2 Å². The van der Waals surface area contributed by atoms with Crippen molar-refractivity contribution in [1.29, 1.82) is 0 Å². The molecule has 0 aromatic heterocycles. The average molecular weight is 427 g/mol. The number of alkyl halides is 2. The first kappa shape index (κ1) is 22.3. The second-order valence-electron chi connectivity index (χ2n) is 5.94. The highest BCUT2D eigenvalue weighted by molar-refractivity contribution is 6.30. The van der Waals surface area contributed by atoms with Gasteiger partial charge in [-0.1, -0.05) is 30.3 Å². The predicted octanol–water partition coefficient (Wildman–Crippen LogP) is 4.25. The number of nitrogens with one attached hydrogen (secondary N) is 2. The summed E-state index contributed by atoms with van der Waals surface area (Å²) in [4.78, 5) is 23.8. The third kappa shape index (κ3) is 7.15. The molecule has 0 saturated heterocycles. The molecule has 0 saturated carbocycles. The minimum Gasteiger partial charge on any atom is -0.484 e. The second kappa shape index (κ2) is 10.5. The van der Waals surface area contributed by atoms with Gasteiger partial charge in [-0.05, 0) is 24.3 Å². The van der Waals surface area contributed by atoms with Crippen molar-refractivity contribution < 1.29 is 27.5 Å². The van der Waals surface area contributed by atoms with Crippen molar-refractivity contribution in [2.75, 3.05) is 13.2 Å². The van der Waals surface area contributed by atoms with Crippen LogP contribution in [0.1, 0.15) is 28.8 Å². The van der Waals surface area contributed by atoms with Crippen LogP contribution in [0, 0.1) is 5.82 Å². The standard InChI is InChI=1S/C20H18ClF3N2O3/c1-12(26-18(27)11-29-15-6-7-16(21)17(22)10-15)8-9-25-20(28)14-4-2-13(3-5-14)19(23)24/h2-7,10,19H,1,8-9,11H2,(H,25,28)(H,26,27). The highest BCUT2D eigenvalue weighted by Gasteiger charge is 2.10. The molecule has 0 atom stereocenters. The van der Waals surface area contributed by atoms with Crippen molar-refractivity contribution in [3.05, 3.63) is 76.7 Å². The van der Waals surface area contributed by atoms with E-state index in [0.717, 1.165) is 6.07 Å². The smallest absolute Gasteiger partial charge is 0.263 e. The molecule has 0 heterocycles. The molecule has 0 aliphatic carbocycles. The maximum atomic E-state index is 13.3. The van der Waals surface area contributed by atoms with Crippen molar-refractivity contribution in [3.8, 4) is 5.75 Å². The zero-order chi connectivity index (χ0) is 21.4. The lowest BCUT2D eigenvalue weighted by molar-refractivity contribution is -0.122. The summed E-state index contributed by atoms with van der Waals surface area (Å²) in [5, 5.41) is 5.04. The second-order valence-corrected chi connectivity index (χ2v) is 6.35. The van der Waals surface area contributed by atoms with Gasteiger partial charge < -0.3 is 15.4 Å². The van der Waals surface area contributed by atoms with Crippen molar-refractivity contribution in [2.45, 2.75) is 12.8 Å². The quantitative estimate of drug-likeness (QED) is 0.630. The fourth-order valence-corrected chi connectivity index (χ4v) is 2.34. The molecule has 0 unspecified atom stereocenters. The Hall–Kier alpha value is -3.00. The number of halogens is 4. The van der Waals surface area contributed by atoms with Crippen LogP contribution >= 0.6 is 11.6 Å². The molecule has 0 fully saturated rings. The van der Waals surface area contributed by atoms with Gasteiger partial charge in [-0.2, -0.15) is 0 Å². The molecular weight excluding hydrogens is 409 g/mol. The molecule has 2 amide bonds. The van der Waals surface area contributed by atoms with Gasteiger partial charge in [0.1, 0.15) is 11.6 Å². The van der Waals surface area contributed by atoms with Crippen LogP contribution in [0.4, 0.5) is 13.2 Å². The summed E-state index contributed by atoms with van der Waals surface area (Å²) in [6, 6.07) is 8.79. The SMILES string of the molecule is C=C(CCNC(=O)c1ccc(C(F)F)cc1)NC(=O)COc1ccc(Cl)c(F)c1. The number of rotatable bonds is 9. The first-order chi connectivity index (χ1) is 13.8. The van der Waals surface area contributed by atoms with Crippen molar-refractivity contribution in [3.63, 3.8) is 0 Å². The fourth-order valence-electron chi connectivity index (χ4n) is 2.22. The molecule has 0 bridgehead atoms. The molecule has 154 valence electrons. The number of carbonyl (C=O) groups excluding carboxylic acids is 2. The normalized spacial score (nSPS) is 10.5. The van der Waals surface area contributed by atoms with Gasteiger partial charge in [-0.3, -0.25) is 9.59 Å². The number of carbonyl (C=O) groups is 2. The van der Waals surface area contributed by atoms with Crippen molar-refractivity contribution in [1.82, 2.24) is 10.6 Å². The van der Waals surface area contributed by atoms with Crippen LogP contribution in [0.2, 0.25) is 5.02 Å². The van der Waals surface area contributed by atoms with Gasteiger partial charge in [0, 0.05) is 35.9 Å². The Morgan fingerprint density at radius 1 is 1.14 bits per heavy atom. The highest BCUT2D eigenvalue weighted by atomic mass is 35.5. The van der Waals surface area contributed by atoms with Crippen LogP contribution < -0.4 is 15.4 Å². The number of amides is 2. The third-order valence-electron chi connectivity index (χ3n) is 3.71. The van der Waals surface area contributed by atoms with Crippen LogP contribution in [0.5, 0.6) is 5.75 Å². The number of hydrogen-bond acceptors (Lipinski definition) is 3. The molecule has 29 heavy (non-hydrogen) atoms. The number of benzene rings is 2. The zero-order valence-corrected chi connectivity index (χ0v) is 15.9. The van der Waals surface area contributed by atoms with Crippen LogP contribution in [0.3, 0.4) is 0 Å². The van der Waals surface area contributed by atoms with E-state index in [1.54, 1.807) is 0 Å². The molecule has 5 nitrogen and oxygen atoms in total. The minimum absolute atomic E-state index is 0.0535. The molecular formula is C20H18ClF3N2O3. The molecule has 0 radical (unpaired) electrons. The molecule has 9 heteroatoms. The van der Waals surface area contributed by atoms with Gasteiger partial charge in [0.15, 0.2) is 6.61 Å². The summed E-state index contributed by atoms with van der Waals surface area (Å²) in [5.74, 6) is -1.44. The number of ether oxygens (including phenoxy) is 1. The highest BCUT2D eigenvalue weighted by Crippen LogP contribution is 2.20. The Morgan fingerprint density at radius 3 is 2.45 bits per heavy atom. The Balaban J connectivity index is 1.69. The Bertz CT molecular complexity index is 889. The van der Waals surface area contributed by atoms with Gasteiger partial charge in [0.05, 0.1) is 5.02 Å². The summed E-state index contributed by atoms with van der Waals surface area (Å²) in [6.45, 7) is 3.50. The Labute approximate surface area is 170 Å². The minimum atomic E-state index is -2.60. The lowest BCUT2D eigenvalue weighted by atomic mass is 10.1. The molecule has 0 aliphatic rings. The molecule has 2 aromatic rings. The largest absolute Gasteiger partial charge is 0.484 e. The molecule has 2 rings (SSSR count). The summed E-state index contributed by atoms with van der Waals surface area (Å²) >= 11 is 5.56. The zero-order valence-electron chi connectivity index (χ0n) is 15.2. The summed E-state index contributed by atoms with van der Waals surface area (Å²) < 4.78 is 43.5. The number of hydrogen-bond donors (Lipinski definition) is 2. The average Bonchev–Trinajstić information content (AvgIpc) is 2.68. The summed E-state index contributed by atoms with van der Waals surface area (Å²) in [6.07, 6.45) is -2.34. The lowest BCUT2D eigenvalue weighted by Crippen LogP contribution is -2.31. The van der Waals surface area contributed by atoms with Gasteiger partial charge in [-0.25, -0.2) is 13.2 Å². The topological polar surface area (TPSA) is 67.4 Å². The van der Waals surface area contributed by atoms with Crippen LogP contribution in [-0.4, -0.2) is 25.0 Å². The Morgan fingerprint density at radius 2 is 1.83 bits per heavy atom. The molecule has 2 aromatic carbocycles. The molecule has 0 spiro atoms. The maximum Gasteiger partial charge on any atom is 0.263 e. The van der Waals surface area contributed by atoms with E-state index in [0.29, 0.717) is 5.70 Å². The van der Waals surface area contributed by atoms with Gasteiger partial charge >= 0.3 is 0 Å². The van der Waals surface area contributed by atoms with E-state index >= 15 is 0 Å². The van der Waals surface area contributed by atoms with E-state index < -0.39 is 24.1 Å². The third-order valence-corrected chi connectivity index (χ3v) is 4.02. The van der Waals surface area contributed by atoms with E-state index in [1.165, 1.54) is 36.4 Å². The summed E-state index contributed by atoms with van der Waals surface area (Å²) in [5.41, 5.74) is 0.420. The van der Waals surface area contributed by atoms with E-state index in [1.807, 2.05) is 0 Å². The van der Waals surface area contributed by atoms with Gasteiger partial charge in [-0.15, -0.1) is 0 Å². The molecule has 0 aliphatic heterocycles. The maximum absolute atomic E-state index is 13.3. The first-order valence-corrected chi connectivity index (χ1v) is 8.86. The van der Waals surface area contributed by atoms with Crippen molar-refractivity contribution >= 4 is 23.4 Å². The lowest BCUT2D eigenvalue weighted by Gasteiger charge is -2.11. The Kier molecular flexibility index (Phi) is 8.09. The van der Waals surface area contributed by atoms with Crippen LogP contribution in [0.15, 0.2) is 54.7 Å². The van der Waals surface area contributed by atoms with E-state index in [4.69, 9.17) is 16.3 Å². The predicted molar refractivity (Wildman–Crippen MR) is 103 cm³/mol.